The van der Waals surface area contributed by atoms with Crippen LogP contribution in [0.1, 0.15) is 48.4 Å². The van der Waals surface area contributed by atoms with E-state index in [2.05, 4.69) is 43.3 Å². The van der Waals surface area contributed by atoms with E-state index < -0.39 is 0 Å². The van der Waals surface area contributed by atoms with E-state index in [-0.39, 0.29) is 5.91 Å². The van der Waals surface area contributed by atoms with E-state index in [1.54, 1.807) is 10.9 Å². The number of amides is 1. The van der Waals surface area contributed by atoms with Crippen molar-refractivity contribution in [3.8, 4) is 0 Å². The highest BCUT2D eigenvalue weighted by atomic mass is 16.3. The van der Waals surface area contributed by atoms with Gasteiger partial charge in [0, 0.05) is 30.7 Å². The van der Waals surface area contributed by atoms with Crippen LogP contribution >= 0.6 is 0 Å². The Kier molecular flexibility index (Phi) is 5.45. The first-order valence-electron chi connectivity index (χ1n) is 9.19. The molecule has 2 aromatic heterocycles. The largest absolute Gasteiger partial charge is 0.464 e. The van der Waals surface area contributed by atoms with Gasteiger partial charge in [0.15, 0.2) is 0 Å². The van der Waals surface area contributed by atoms with Gasteiger partial charge in [-0.05, 0) is 54.5 Å². The molecule has 5 nitrogen and oxygen atoms in total. The number of nitrogens with one attached hydrogen (secondary N) is 1. The molecule has 26 heavy (non-hydrogen) atoms. The van der Waals surface area contributed by atoms with Crippen molar-refractivity contribution in [1.82, 2.24) is 15.1 Å². The summed E-state index contributed by atoms with van der Waals surface area (Å²) in [5.41, 5.74) is 5.53. The molecule has 1 aromatic carbocycles. The molecule has 3 rings (SSSR count). The first-order chi connectivity index (χ1) is 12.4. The van der Waals surface area contributed by atoms with Crippen LogP contribution in [-0.4, -0.2) is 22.2 Å². The van der Waals surface area contributed by atoms with Crippen molar-refractivity contribution in [2.45, 2.75) is 46.0 Å². The fraction of sp³-hybridized carbons (Fsp3) is 0.429. The molecular formula is C21H27N3O2. The average molecular weight is 353 g/mol. The van der Waals surface area contributed by atoms with Crippen molar-refractivity contribution in [1.29, 1.82) is 0 Å². The van der Waals surface area contributed by atoms with Crippen LogP contribution in [0.3, 0.4) is 0 Å². The average Bonchev–Trinajstić information content (AvgIpc) is 3.17. The minimum Gasteiger partial charge on any atom is -0.464 e. The molecule has 0 unspecified atom stereocenters. The van der Waals surface area contributed by atoms with Crippen LogP contribution < -0.4 is 5.32 Å². The van der Waals surface area contributed by atoms with E-state index in [1.165, 1.54) is 16.7 Å². The van der Waals surface area contributed by atoms with Crippen molar-refractivity contribution in [2.24, 2.45) is 7.05 Å². The zero-order valence-corrected chi connectivity index (χ0v) is 16.0. The van der Waals surface area contributed by atoms with Crippen molar-refractivity contribution < 1.29 is 9.21 Å². The van der Waals surface area contributed by atoms with Gasteiger partial charge >= 0.3 is 0 Å². The Labute approximate surface area is 154 Å². The van der Waals surface area contributed by atoms with E-state index in [1.807, 2.05) is 19.4 Å². The number of rotatable bonds is 7. The number of fused-ring (bicyclic) bond motifs is 1. The maximum atomic E-state index is 12.3. The Hall–Kier alpha value is -2.56. The first kappa shape index (κ1) is 18.2. The van der Waals surface area contributed by atoms with E-state index in [0.717, 1.165) is 29.4 Å². The van der Waals surface area contributed by atoms with Gasteiger partial charge in [0.05, 0.1) is 18.9 Å². The number of nitrogens with zero attached hydrogens (tertiary/aromatic N) is 2. The predicted molar refractivity (Wildman–Crippen MR) is 103 cm³/mol. The van der Waals surface area contributed by atoms with Gasteiger partial charge in [-0.25, -0.2) is 0 Å². The van der Waals surface area contributed by atoms with Crippen LogP contribution in [0, 0.1) is 6.92 Å². The van der Waals surface area contributed by atoms with E-state index in [4.69, 9.17) is 4.42 Å². The summed E-state index contributed by atoms with van der Waals surface area (Å²) in [4.78, 5) is 12.3. The molecule has 0 saturated carbocycles. The highest BCUT2D eigenvalue weighted by Crippen LogP contribution is 2.29. The van der Waals surface area contributed by atoms with Gasteiger partial charge in [0.25, 0.3) is 0 Å². The maximum absolute atomic E-state index is 12.3. The Morgan fingerprint density at radius 2 is 2.15 bits per heavy atom. The van der Waals surface area contributed by atoms with Crippen LogP contribution in [0.25, 0.3) is 11.0 Å². The molecule has 1 amide bonds. The first-order valence-corrected chi connectivity index (χ1v) is 9.19. The number of aryl methyl sites for hydroxylation is 3. The highest BCUT2D eigenvalue weighted by molar-refractivity contribution is 5.88. The fourth-order valence-corrected chi connectivity index (χ4v) is 3.36. The molecule has 0 aliphatic heterocycles. The lowest BCUT2D eigenvalue weighted by Crippen LogP contribution is -2.26. The molecular weight excluding hydrogens is 326 g/mol. The maximum Gasteiger partial charge on any atom is 0.224 e. The minimum atomic E-state index is 0.0329. The summed E-state index contributed by atoms with van der Waals surface area (Å²) >= 11 is 0. The topological polar surface area (TPSA) is 60.1 Å². The second-order valence-electron chi connectivity index (χ2n) is 7.27. The Bertz CT molecular complexity index is 905. The standard InChI is InChI=1S/C21H27N3O2/c1-14(2)18-10-19-17(13-26-20(19)8-15(18)3)9-21(25)22-7-5-6-16-11-23-24(4)12-16/h8,10-14H,5-7,9H2,1-4H3,(H,22,25). The zero-order chi connectivity index (χ0) is 18.7. The second kappa shape index (κ2) is 7.77. The summed E-state index contributed by atoms with van der Waals surface area (Å²) in [5, 5.41) is 8.20. The molecule has 0 radical (unpaired) electrons. The lowest BCUT2D eigenvalue weighted by Gasteiger charge is -2.10. The number of hydrogen-bond acceptors (Lipinski definition) is 3. The molecule has 0 spiro atoms. The zero-order valence-electron chi connectivity index (χ0n) is 16.0. The SMILES string of the molecule is Cc1cc2occ(CC(=O)NCCCc3cnn(C)c3)c2cc1C(C)C. The van der Waals surface area contributed by atoms with Gasteiger partial charge in [0.1, 0.15) is 5.58 Å². The molecule has 1 N–H and O–H groups in total. The van der Waals surface area contributed by atoms with Gasteiger partial charge in [-0.1, -0.05) is 13.8 Å². The third-order valence-corrected chi connectivity index (χ3v) is 4.74. The van der Waals surface area contributed by atoms with Gasteiger partial charge in [-0.15, -0.1) is 0 Å². The van der Waals surface area contributed by atoms with Crippen LogP contribution in [-0.2, 0) is 24.7 Å². The third kappa shape index (κ3) is 4.15. The molecule has 5 heteroatoms. The smallest absolute Gasteiger partial charge is 0.224 e. The number of hydrogen-bond donors (Lipinski definition) is 1. The molecule has 0 atom stereocenters. The lowest BCUT2D eigenvalue weighted by molar-refractivity contribution is -0.120. The van der Waals surface area contributed by atoms with Crippen molar-refractivity contribution >= 4 is 16.9 Å². The van der Waals surface area contributed by atoms with Crippen molar-refractivity contribution in [2.75, 3.05) is 6.54 Å². The summed E-state index contributed by atoms with van der Waals surface area (Å²) < 4.78 is 7.46. The summed E-state index contributed by atoms with van der Waals surface area (Å²) in [6, 6.07) is 4.24. The van der Waals surface area contributed by atoms with Gasteiger partial charge in [-0.3, -0.25) is 9.48 Å². The molecule has 0 bridgehead atoms. The lowest BCUT2D eigenvalue weighted by atomic mass is 9.95. The summed E-state index contributed by atoms with van der Waals surface area (Å²) in [7, 11) is 1.91. The predicted octanol–water partition coefficient (Wildman–Crippen LogP) is 3.89. The second-order valence-corrected chi connectivity index (χ2v) is 7.27. The molecule has 138 valence electrons. The Morgan fingerprint density at radius 3 is 2.85 bits per heavy atom. The Balaban J connectivity index is 1.57. The van der Waals surface area contributed by atoms with Crippen LogP contribution in [0.15, 0.2) is 35.2 Å². The summed E-state index contributed by atoms with van der Waals surface area (Å²) in [5.74, 6) is 0.481. The Morgan fingerprint density at radius 1 is 1.35 bits per heavy atom. The number of carbonyl (C=O) groups is 1. The van der Waals surface area contributed by atoms with Crippen molar-refractivity contribution in [3.05, 3.63) is 53.0 Å². The number of carbonyl (C=O) groups excluding carboxylic acids is 1. The number of benzene rings is 1. The normalized spacial score (nSPS) is 11.4. The molecule has 0 aliphatic carbocycles. The van der Waals surface area contributed by atoms with E-state index in [0.29, 0.717) is 18.9 Å². The van der Waals surface area contributed by atoms with Gasteiger partial charge in [0.2, 0.25) is 5.91 Å². The molecule has 0 saturated heterocycles. The monoisotopic (exact) mass is 353 g/mol. The van der Waals surface area contributed by atoms with Crippen LogP contribution in [0.2, 0.25) is 0 Å². The fourth-order valence-electron chi connectivity index (χ4n) is 3.36. The van der Waals surface area contributed by atoms with Crippen LogP contribution in [0.4, 0.5) is 0 Å². The summed E-state index contributed by atoms with van der Waals surface area (Å²) in [6.45, 7) is 7.14. The van der Waals surface area contributed by atoms with Gasteiger partial charge < -0.3 is 9.73 Å². The third-order valence-electron chi connectivity index (χ3n) is 4.74. The van der Waals surface area contributed by atoms with E-state index >= 15 is 0 Å². The van der Waals surface area contributed by atoms with Crippen LogP contribution in [0.5, 0.6) is 0 Å². The van der Waals surface area contributed by atoms with Gasteiger partial charge in [-0.2, -0.15) is 5.10 Å². The highest BCUT2D eigenvalue weighted by Gasteiger charge is 2.13. The molecule has 2 heterocycles. The molecule has 0 aliphatic rings. The molecule has 0 fully saturated rings. The summed E-state index contributed by atoms with van der Waals surface area (Å²) in [6.07, 6.45) is 7.76. The minimum absolute atomic E-state index is 0.0329. The molecule has 3 aromatic rings. The van der Waals surface area contributed by atoms with Crippen molar-refractivity contribution in [3.63, 3.8) is 0 Å². The van der Waals surface area contributed by atoms with E-state index in [9.17, 15) is 4.79 Å². The number of furan rings is 1. The quantitative estimate of drug-likeness (QED) is 0.656. The number of aromatic nitrogens is 2.